The van der Waals surface area contributed by atoms with Crippen LogP contribution in [-0.4, -0.2) is 29.2 Å². The molecule has 1 aliphatic heterocycles. The molecule has 1 aromatic carbocycles. The van der Waals surface area contributed by atoms with Crippen LogP contribution in [-0.2, 0) is 0 Å². The molecule has 0 aliphatic carbocycles. The fraction of sp³-hybridized carbons (Fsp3) is 0.417. The second kappa shape index (κ2) is 4.60. The summed E-state index contributed by atoms with van der Waals surface area (Å²) in [6.07, 6.45) is 0.205. The maximum absolute atomic E-state index is 12.8. The summed E-state index contributed by atoms with van der Waals surface area (Å²) in [5, 5.41) is 18.3. The molecule has 0 saturated carbocycles. The molecule has 4 heteroatoms. The molecule has 0 aromatic heterocycles. The van der Waals surface area contributed by atoms with E-state index in [2.05, 4.69) is 6.07 Å². The van der Waals surface area contributed by atoms with Crippen molar-refractivity contribution < 1.29 is 9.50 Å². The maximum Gasteiger partial charge on any atom is 0.123 e. The van der Waals surface area contributed by atoms with Gasteiger partial charge in [0.15, 0.2) is 0 Å². The molecule has 1 N–H and O–H groups in total. The Balaban J connectivity index is 2.19. The average molecular weight is 220 g/mol. The van der Waals surface area contributed by atoms with E-state index in [1.54, 1.807) is 12.1 Å². The standard InChI is InChI=1S/C12H13FN2O/c13-10-3-1-9(2-4-10)12-7-11(16)8-15(12)6-5-14/h1-4,11-12,16H,6-8H2. The Hall–Kier alpha value is -1.44. The van der Waals surface area contributed by atoms with Crippen molar-refractivity contribution in [2.45, 2.75) is 18.6 Å². The summed E-state index contributed by atoms with van der Waals surface area (Å²) >= 11 is 0. The third-order valence-corrected chi connectivity index (χ3v) is 2.91. The lowest BCUT2D eigenvalue weighted by molar-refractivity contribution is 0.179. The molecule has 0 bridgehead atoms. The van der Waals surface area contributed by atoms with E-state index in [4.69, 9.17) is 5.26 Å². The monoisotopic (exact) mass is 220 g/mol. The molecular weight excluding hydrogens is 207 g/mol. The number of likely N-dealkylation sites (tertiary alicyclic amines) is 1. The third kappa shape index (κ3) is 2.21. The van der Waals surface area contributed by atoms with E-state index in [-0.39, 0.29) is 11.9 Å². The first kappa shape index (κ1) is 11.1. The van der Waals surface area contributed by atoms with Crippen molar-refractivity contribution in [3.05, 3.63) is 35.6 Å². The Morgan fingerprint density at radius 2 is 2.12 bits per heavy atom. The van der Waals surface area contributed by atoms with Gasteiger partial charge in [0.25, 0.3) is 0 Å². The Kier molecular flexibility index (Phi) is 3.18. The van der Waals surface area contributed by atoms with Crippen LogP contribution in [0.4, 0.5) is 4.39 Å². The smallest absolute Gasteiger partial charge is 0.123 e. The Bertz CT molecular complexity index is 398. The number of nitriles is 1. The minimum absolute atomic E-state index is 0.0234. The van der Waals surface area contributed by atoms with Crippen LogP contribution in [0.25, 0.3) is 0 Å². The van der Waals surface area contributed by atoms with E-state index in [0.717, 1.165) is 5.56 Å². The zero-order chi connectivity index (χ0) is 11.5. The maximum atomic E-state index is 12.8. The summed E-state index contributed by atoms with van der Waals surface area (Å²) in [5.74, 6) is -0.269. The third-order valence-electron chi connectivity index (χ3n) is 2.91. The van der Waals surface area contributed by atoms with Gasteiger partial charge in [0, 0.05) is 12.6 Å². The van der Waals surface area contributed by atoms with Crippen LogP contribution in [0.3, 0.4) is 0 Å². The number of β-amino-alcohol motifs (C(OH)–C–C–N with tert-alkyl or cyclic N) is 1. The molecule has 1 aliphatic rings. The second-order valence-corrected chi connectivity index (χ2v) is 4.04. The minimum Gasteiger partial charge on any atom is -0.392 e. The fourth-order valence-corrected chi connectivity index (χ4v) is 2.18. The fourth-order valence-electron chi connectivity index (χ4n) is 2.18. The topological polar surface area (TPSA) is 47.3 Å². The van der Waals surface area contributed by atoms with Crippen molar-refractivity contribution in [2.75, 3.05) is 13.1 Å². The van der Waals surface area contributed by atoms with Gasteiger partial charge in [-0.15, -0.1) is 0 Å². The molecule has 1 heterocycles. The molecule has 0 amide bonds. The Labute approximate surface area is 93.7 Å². The number of aliphatic hydroxyl groups is 1. The van der Waals surface area contributed by atoms with E-state index in [0.29, 0.717) is 19.5 Å². The van der Waals surface area contributed by atoms with Crippen molar-refractivity contribution in [2.24, 2.45) is 0 Å². The highest BCUT2D eigenvalue weighted by Gasteiger charge is 2.31. The summed E-state index contributed by atoms with van der Waals surface area (Å²) in [6, 6.07) is 8.34. The zero-order valence-electron chi connectivity index (χ0n) is 8.81. The van der Waals surface area contributed by atoms with Gasteiger partial charge in [-0.05, 0) is 24.1 Å². The Morgan fingerprint density at radius 1 is 1.44 bits per heavy atom. The molecule has 0 spiro atoms. The van der Waals surface area contributed by atoms with Gasteiger partial charge in [-0.2, -0.15) is 5.26 Å². The largest absolute Gasteiger partial charge is 0.392 e. The van der Waals surface area contributed by atoms with Crippen LogP contribution in [0.5, 0.6) is 0 Å². The second-order valence-electron chi connectivity index (χ2n) is 4.04. The van der Waals surface area contributed by atoms with Crippen molar-refractivity contribution in [3.63, 3.8) is 0 Å². The van der Waals surface area contributed by atoms with Crippen LogP contribution in [0, 0.1) is 17.1 Å². The summed E-state index contributed by atoms with van der Waals surface area (Å²) in [6.45, 7) is 0.800. The minimum atomic E-state index is -0.400. The normalized spacial score (nSPS) is 25.6. The number of nitrogens with zero attached hydrogens (tertiary/aromatic N) is 2. The van der Waals surface area contributed by atoms with Crippen LogP contribution in [0.1, 0.15) is 18.0 Å². The molecule has 1 aromatic rings. The first-order chi connectivity index (χ1) is 7.70. The summed E-state index contributed by atoms with van der Waals surface area (Å²) in [4.78, 5) is 1.91. The quantitative estimate of drug-likeness (QED) is 0.767. The van der Waals surface area contributed by atoms with Gasteiger partial charge in [-0.1, -0.05) is 12.1 Å². The van der Waals surface area contributed by atoms with E-state index in [1.165, 1.54) is 12.1 Å². The van der Waals surface area contributed by atoms with E-state index in [1.807, 2.05) is 4.90 Å². The summed E-state index contributed by atoms with van der Waals surface area (Å²) < 4.78 is 12.8. The van der Waals surface area contributed by atoms with Gasteiger partial charge < -0.3 is 5.11 Å². The lowest BCUT2D eigenvalue weighted by Gasteiger charge is -2.21. The molecule has 1 saturated heterocycles. The number of aliphatic hydroxyl groups excluding tert-OH is 1. The molecule has 84 valence electrons. The zero-order valence-corrected chi connectivity index (χ0v) is 8.81. The molecule has 3 nitrogen and oxygen atoms in total. The number of rotatable bonds is 2. The van der Waals surface area contributed by atoms with Crippen molar-refractivity contribution in [3.8, 4) is 6.07 Å². The van der Waals surface area contributed by atoms with E-state index < -0.39 is 6.10 Å². The number of hydrogen-bond donors (Lipinski definition) is 1. The van der Waals surface area contributed by atoms with E-state index in [9.17, 15) is 9.50 Å². The molecule has 2 rings (SSSR count). The van der Waals surface area contributed by atoms with Crippen molar-refractivity contribution >= 4 is 0 Å². The van der Waals surface area contributed by atoms with Gasteiger partial charge in [-0.25, -0.2) is 4.39 Å². The molecule has 2 atom stereocenters. The molecule has 0 radical (unpaired) electrons. The predicted octanol–water partition coefficient (Wildman–Crippen LogP) is 1.46. The predicted molar refractivity (Wildman–Crippen MR) is 57.0 cm³/mol. The van der Waals surface area contributed by atoms with Gasteiger partial charge in [0.05, 0.1) is 18.7 Å². The highest BCUT2D eigenvalue weighted by atomic mass is 19.1. The first-order valence-corrected chi connectivity index (χ1v) is 5.25. The number of benzene rings is 1. The average Bonchev–Trinajstić information content (AvgIpc) is 2.61. The first-order valence-electron chi connectivity index (χ1n) is 5.25. The SMILES string of the molecule is N#CCN1CC(O)CC1c1ccc(F)cc1. The molecule has 16 heavy (non-hydrogen) atoms. The number of halogens is 1. The van der Waals surface area contributed by atoms with Gasteiger partial charge in [0.2, 0.25) is 0 Å². The Morgan fingerprint density at radius 3 is 2.75 bits per heavy atom. The lowest BCUT2D eigenvalue weighted by Crippen LogP contribution is -2.25. The lowest BCUT2D eigenvalue weighted by atomic mass is 10.0. The van der Waals surface area contributed by atoms with Crippen LogP contribution in [0.2, 0.25) is 0 Å². The van der Waals surface area contributed by atoms with Gasteiger partial charge >= 0.3 is 0 Å². The molecule has 1 fully saturated rings. The van der Waals surface area contributed by atoms with Gasteiger partial charge in [0.1, 0.15) is 5.82 Å². The van der Waals surface area contributed by atoms with Crippen molar-refractivity contribution in [1.82, 2.24) is 4.90 Å². The highest BCUT2D eigenvalue weighted by Crippen LogP contribution is 2.31. The van der Waals surface area contributed by atoms with Gasteiger partial charge in [-0.3, -0.25) is 4.90 Å². The van der Waals surface area contributed by atoms with E-state index >= 15 is 0 Å². The summed E-state index contributed by atoms with van der Waals surface area (Å²) in [7, 11) is 0. The van der Waals surface area contributed by atoms with Crippen LogP contribution < -0.4 is 0 Å². The van der Waals surface area contributed by atoms with Crippen molar-refractivity contribution in [1.29, 1.82) is 5.26 Å². The summed E-state index contributed by atoms with van der Waals surface area (Å²) in [5.41, 5.74) is 0.952. The number of hydrogen-bond acceptors (Lipinski definition) is 3. The van der Waals surface area contributed by atoms with Crippen LogP contribution >= 0.6 is 0 Å². The molecule has 2 unspecified atom stereocenters. The highest BCUT2D eigenvalue weighted by molar-refractivity contribution is 5.21. The molecular formula is C12H13FN2O. The van der Waals surface area contributed by atoms with Crippen LogP contribution in [0.15, 0.2) is 24.3 Å².